The van der Waals surface area contributed by atoms with Crippen LogP contribution < -0.4 is 15.0 Å². The summed E-state index contributed by atoms with van der Waals surface area (Å²) in [6, 6.07) is 27.8. The predicted molar refractivity (Wildman–Crippen MR) is 144 cm³/mol. The van der Waals surface area contributed by atoms with Gasteiger partial charge in [0.05, 0.1) is 25.6 Å². The highest BCUT2D eigenvalue weighted by atomic mass is 32.1. The molecule has 0 saturated carbocycles. The van der Waals surface area contributed by atoms with Gasteiger partial charge in [-0.15, -0.1) is 11.3 Å². The molecule has 0 fully saturated rings. The van der Waals surface area contributed by atoms with Crippen molar-refractivity contribution >= 4 is 16.3 Å². The highest BCUT2D eigenvalue weighted by Gasteiger charge is 2.15. The summed E-state index contributed by atoms with van der Waals surface area (Å²) in [6.07, 6.45) is 0. The number of nitrogens with zero attached hydrogens (tertiary/aromatic N) is 3. The van der Waals surface area contributed by atoms with E-state index < -0.39 is 0 Å². The molecule has 0 saturated heterocycles. The first kappa shape index (κ1) is 23.8. The number of methoxy groups -OCH3 is 2. The highest BCUT2D eigenvalue weighted by Crippen LogP contribution is 2.29. The molecule has 0 spiro atoms. The van der Waals surface area contributed by atoms with E-state index in [4.69, 9.17) is 14.5 Å². The van der Waals surface area contributed by atoms with Crippen molar-refractivity contribution in [2.24, 2.45) is 0 Å². The number of hydrogen-bond donors (Lipinski definition) is 0. The molecular weight excluding hydrogens is 470 g/mol. The van der Waals surface area contributed by atoms with E-state index in [2.05, 4.69) is 17.0 Å². The number of benzene rings is 3. The maximum atomic E-state index is 13.2. The molecule has 36 heavy (non-hydrogen) atoms. The minimum Gasteiger partial charge on any atom is -0.493 e. The van der Waals surface area contributed by atoms with Gasteiger partial charge in [-0.2, -0.15) is 0 Å². The van der Waals surface area contributed by atoms with E-state index in [-0.39, 0.29) is 5.56 Å². The third-order valence-electron chi connectivity index (χ3n) is 6.02. The predicted octanol–water partition coefficient (Wildman–Crippen LogP) is 5.64. The Morgan fingerprint density at radius 3 is 2.22 bits per heavy atom. The summed E-state index contributed by atoms with van der Waals surface area (Å²) in [4.78, 5) is 21.0. The van der Waals surface area contributed by atoms with Gasteiger partial charge in [0, 0.05) is 31.1 Å². The Morgan fingerprint density at radius 2 is 1.50 bits per heavy atom. The Hall–Kier alpha value is -3.94. The second kappa shape index (κ2) is 10.8. The van der Waals surface area contributed by atoms with Crippen molar-refractivity contribution in [1.82, 2.24) is 14.3 Å². The van der Waals surface area contributed by atoms with E-state index in [0.717, 1.165) is 29.1 Å². The number of ether oxygens (including phenoxy) is 2. The van der Waals surface area contributed by atoms with Crippen molar-refractivity contribution in [2.45, 2.75) is 19.6 Å². The summed E-state index contributed by atoms with van der Waals surface area (Å²) in [5.41, 5.74) is 4.83. The van der Waals surface area contributed by atoms with Gasteiger partial charge >= 0.3 is 0 Å². The fourth-order valence-electron chi connectivity index (χ4n) is 4.33. The van der Waals surface area contributed by atoms with E-state index in [9.17, 15) is 4.79 Å². The second-order valence-corrected chi connectivity index (χ2v) is 9.35. The van der Waals surface area contributed by atoms with E-state index in [1.54, 1.807) is 24.7 Å². The first-order valence-corrected chi connectivity index (χ1v) is 12.6. The second-order valence-electron chi connectivity index (χ2n) is 8.51. The highest BCUT2D eigenvalue weighted by molar-refractivity contribution is 7.15. The van der Waals surface area contributed by atoms with Crippen LogP contribution in [0, 0.1) is 0 Å². The Morgan fingerprint density at radius 1 is 0.806 bits per heavy atom. The monoisotopic (exact) mass is 497 g/mol. The van der Waals surface area contributed by atoms with Crippen LogP contribution in [0.15, 0.2) is 95.1 Å². The Labute approximate surface area is 214 Å². The summed E-state index contributed by atoms with van der Waals surface area (Å²) >= 11 is 1.48. The van der Waals surface area contributed by atoms with Crippen LogP contribution in [-0.4, -0.2) is 28.5 Å². The average Bonchev–Trinajstić information content (AvgIpc) is 3.34. The van der Waals surface area contributed by atoms with Crippen LogP contribution >= 0.6 is 11.3 Å². The van der Waals surface area contributed by atoms with Crippen molar-refractivity contribution in [1.29, 1.82) is 0 Å². The van der Waals surface area contributed by atoms with Crippen molar-refractivity contribution in [3.8, 4) is 22.8 Å². The minimum absolute atomic E-state index is 0.0686. The number of aromatic nitrogens is 2. The summed E-state index contributed by atoms with van der Waals surface area (Å²) in [6.45, 7) is 1.92. The summed E-state index contributed by atoms with van der Waals surface area (Å²) in [5, 5.41) is 1.99. The molecule has 2 aromatic heterocycles. The van der Waals surface area contributed by atoms with Gasteiger partial charge < -0.3 is 9.47 Å². The molecule has 182 valence electrons. The van der Waals surface area contributed by atoms with Crippen LogP contribution in [0.3, 0.4) is 0 Å². The Kier molecular flexibility index (Phi) is 7.11. The molecule has 6 nitrogen and oxygen atoms in total. The molecule has 2 heterocycles. The van der Waals surface area contributed by atoms with Gasteiger partial charge in [0.25, 0.3) is 5.56 Å². The number of thiazole rings is 1. The molecule has 0 aliphatic heterocycles. The largest absolute Gasteiger partial charge is 0.493 e. The third-order valence-corrected chi connectivity index (χ3v) is 6.84. The van der Waals surface area contributed by atoms with Crippen LogP contribution in [-0.2, 0) is 19.6 Å². The SMILES string of the molecule is COc1ccc(CN(Cc2ccccc2)Cc2cc(=O)n3c(-c4ccccc4)csc3n2)cc1OC. The number of hydrogen-bond acceptors (Lipinski definition) is 6. The van der Waals surface area contributed by atoms with E-state index in [1.807, 2.05) is 72.1 Å². The summed E-state index contributed by atoms with van der Waals surface area (Å²) in [5.74, 6) is 1.39. The zero-order valence-electron chi connectivity index (χ0n) is 20.3. The van der Waals surface area contributed by atoms with E-state index >= 15 is 0 Å². The van der Waals surface area contributed by atoms with E-state index in [0.29, 0.717) is 29.5 Å². The van der Waals surface area contributed by atoms with Crippen LogP contribution in [0.25, 0.3) is 16.2 Å². The molecule has 0 aliphatic rings. The Balaban J connectivity index is 1.46. The molecular formula is C29H27N3O3S. The average molecular weight is 498 g/mol. The molecule has 5 rings (SSSR count). The molecule has 0 N–H and O–H groups in total. The van der Waals surface area contributed by atoms with Crippen molar-refractivity contribution in [3.05, 3.63) is 117 Å². The van der Waals surface area contributed by atoms with Gasteiger partial charge in [-0.1, -0.05) is 66.7 Å². The van der Waals surface area contributed by atoms with Gasteiger partial charge in [-0.3, -0.25) is 14.1 Å². The standard InChI is InChI=1S/C29H27N3O3S/c1-34-26-14-13-22(15-27(26)35-2)18-31(17-21-9-5-3-6-10-21)19-24-16-28(33)32-25(20-36-29(32)30-24)23-11-7-4-8-12-23/h3-16,20H,17-19H2,1-2H3. The fourth-order valence-corrected chi connectivity index (χ4v) is 5.25. The summed E-state index contributed by atoms with van der Waals surface area (Å²) < 4.78 is 12.6. The van der Waals surface area contributed by atoms with Crippen LogP contribution in [0.1, 0.15) is 16.8 Å². The van der Waals surface area contributed by atoms with Crippen molar-refractivity contribution in [2.75, 3.05) is 14.2 Å². The van der Waals surface area contributed by atoms with Gasteiger partial charge in [-0.05, 0) is 28.8 Å². The van der Waals surface area contributed by atoms with Gasteiger partial charge in [0.1, 0.15) is 0 Å². The lowest BCUT2D eigenvalue weighted by Gasteiger charge is -2.23. The summed E-state index contributed by atoms with van der Waals surface area (Å²) in [7, 11) is 3.27. The first-order valence-electron chi connectivity index (χ1n) is 11.7. The molecule has 0 aliphatic carbocycles. The maximum Gasteiger partial charge on any atom is 0.259 e. The van der Waals surface area contributed by atoms with Crippen molar-refractivity contribution in [3.63, 3.8) is 0 Å². The fraction of sp³-hybridized carbons (Fsp3) is 0.172. The molecule has 7 heteroatoms. The van der Waals surface area contributed by atoms with E-state index in [1.165, 1.54) is 16.9 Å². The van der Waals surface area contributed by atoms with Crippen LogP contribution in [0.5, 0.6) is 11.5 Å². The molecule has 0 bridgehead atoms. The molecule has 0 unspecified atom stereocenters. The lowest BCUT2D eigenvalue weighted by atomic mass is 10.1. The third kappa shape index (κ3) is 5.17. The first-order chi connectivity index (χ1) is 17.6. The Bertz CT molecular complexity index is 1510. The zero-order chi connectivity index (χ0) is 24.9. The normalized spacial score (nSPS) is 11.2. The topological polar surface area (TPSA) is 56.1 Å². The molecule has 3 aromatic carbocycles. The lowest BCUT2D eigenvalue weighted by Crippen LogP contribution is -2.25. The molecule has 0 radical (unpaired) electrons. The lowest BCUT2D eigenvalue weighted by molar-refractivity contribution is 0.244. The maximum absolute atomic E-state index is 13.2. The zero-order valence-corrected chi connectivity index (χ0v) is 21.1. The van der Waals surface area contributed by atoms with Crippen molar-refractivity contribution < 1.29 is 9.47 Å². The molecule has 0 amide bonds. The quantitative estimate of drug-likeness (QED) is 0.264. The number of fused-ring (bicyclic) bond motifs is 1. The smallest absolute Gasteiger partial charge is 0.259 e. The minimum atomic E-state index is -0.0686. The molecule has 5 aromatic rings. The van der Waals surface area contributed by atoms with Gasteiger partial charge in [0.2, 0.25) is 0 Å². The van der Waals surface area contributed by atoms with Gasteiger partial charge in [-0.25, -0.2) is 4.98 Å². The van der Waals surface area contributed by atoms with Crippen LogP contribution in [0.4, 0.5) is 0 Å². The number of rotatable bonds is 9. The van der Waals surface area contributed by atoms with Crippen LogP contribution in [0.2, 0.25) is 0 Å². The molecule has 0 atom stereocenters. The van der Waals surface area contributed by atoms with Gasteiger partial charge in [0.15, 0.2) is 16.5 Å².